The van der Waals surface area contributed by atoms with Crippen molar-refractivity contribution in [2.24, 2.45) is 0 Å². The third-order valence-electron chi connectivity index (χ3n) is 4.25. The molecule has 0 aromatic heterocycles. The Labute approximate surface area is 153 Å². The number of fused-ring (bicyclic) bond motifs is 1. The minimum atomic E-state index is -0.127. The van der Waals surface area contributed by atoms with Crippen LogP contribution in [0, 0.1) is 13.8 Å². The zero-order chi connectivity index (χ0) is 17.8. The molecule has 3 aromatic carbocycles. The van der Waals surface area contributed by atoms with Crippen LogP contribution in [0.3, 0.4) is 0 Å². The number of thiocarbonyl (C=S) groups is 1. The van der Waals surface area contributed by atoms with Crippen LogP contribution in [0.1, 0.15) is 16.7 Å². The fraction of sp³-hybridized carbons (Fsp3) is 0.143. The Morgan fingerprint density at radius 1 is 0.960 bits per heavy atom. The molecule has 2 N–H and O–H groups in total. The van der Waals surface area contributed by atoms with Crippen molar-refractivity contribution in [2.75, 3.05) is 5.32 Å². The van der Waals surface area contributed by atoms with E-state index in [1.807, 2.05) is 67.6 Å². The van der Waals surface area contributed by atoms with Gasteiger partial charge in [-0.2, -0.15) is 0 Å². The number of rotatable bonds is 3. The molecule has 1 amide bonds. The predicted octanol–water partition coefficient (Wildman–Crippen LogP) is 4.51. The summed E-state index contributed by atoms with van der Waals surface area (Å²) < 4.78 is 0. The van der Waals surface area contributed by atoms with Gasteiger partial charge in [0.25, 0.3) is 0 Å². The Hall–Kier alpha value is -2.72. The first-order valence-corrected chi connectivity index (χ1v) is 8.58. The summed E-state index contributed by atoms with van der Waals surface area (Å²) in [5.74, 6) is -0.127. The fourth-order valence-corrected chi connectivity index (χ4v) is 3.00. The molecule has 0 saturated carbocycles. The molecule has 0 radical (unpaired) electrons. The average molecular weight is 348 g/mol. The van der Waals surface area contributed by atoms with Gasteiger partial charge in [0.05, 0.1) is 6.42 Å². The second kappa shape index (κ2) is 7.45. The molecule has 3 nitrogen and oxygen atoms in total. The molecule has 0 aliphatic rings. The highest BCUT2D eigenvalue weighted by atomic mass is 32.1. The number of anilines is 1. The fourth-order valence-electron chi connectivity index (χ4n) is 2.77. The topological polar surface area (TPSA) is 41.1 Å². The zero-order valence-corrected chi connectivity index (χ0v) is 15.1. The van der Waals surface area contributed by atoms with E-state index in [1.54, 1.807) is 0 Å². The Morgan fingerprint density at radius 2 is 1.72 bits per heavy atom. The third-order valence-corrected chi connectivity index (χ3v) is 4.45. The van der Waals surface area contributed by atoms with Gasteiger partial charge in [0.1, 0.15) is 0 Å². The summed E-state index contributed by atoms with van der Waals surface area (Å²) in [5, 5.41) is 8.35. The number of amides is 1. The number of hydrogen-bond acceptors (Lipinski definition) is 2. The molecule has 3 aromatic rings. The number of carbonyl (C=O) groups excluding carboxylic acids is 1. The van der Waals surface area contributed by atoms with E-state index in [-0.39, 0.29) is 12.3 Å². The second-order valence-corrected chi connectivity index (χ2v) is 6.52. The Kier molecular flexibility index (Phi) is 5.10. The molecule has 3 rings (SSSR count). The summed E-state index contributed by atoms with van der Waals surface area (Å²) in [6.07, 6.45) is 0.288. The zero-order valence-electron chi connectivity index (χ0n) is 14.3. The van der Waals surface area contributed by atoms with E-state index in [1.165, 1.54) is 11.1 Å². The minimum Gasteiger partial charge on any atom is -0.332 e. The van der Waals surface area contributed by atoms with Crippen molar-refractivity contribution in [1.82, 2.24) is 5.32 Å². The smallest absolute Gasteiger partial charge is 0.230 e. The van der Waals surface area contributed by atoms with E-state index in [0.717, 1.165) is 22.0 Å². The number of nitrogens with one attached hydrogen (secondary N) is 2. The Morgan fingerprint density at radius 3 is 2.52 bits per heavy atom. The van der Waals surface area contributed by atoms with Crippen LogP contribution in [-0.2, 0) is 11.2 Å². The van der Waals surface area contributed by atoms with Crippen molar-refractivity contribution >= 4 is 39.7 Å². The molecular formula is C21H20N2OS. The van der Waals surface area contributed by atoms with Gasteiger partial charge in [-0.15, -0.1) is 0 Å². The summed E-state index contributed by atoms with van der Waals surface area (Å²) in [5.41, 5.74) is 4.26. The Balaban J connectivity index is 1.65. The molecular weight excluding hydrogens is 328 g/mol. The highest BCUT2D eigenvalue weighted by Crippen LogP contribution is 2.19. The van der Waals surface area contributed by atoms with Gasteiger partial charge in [-0.25, -0.2) is 0 Å². The van der Waals surface area contributed by atoms with Crippen LogP contribution in [0.4, 0.5) is 5.69 Å². The largest absolute Gasteiger partial charge is 0.332 e. The van der Waals surface area contributed by atoms with Crippen molar-refractivity contribution in [3.63, 3.8) is 0 Å². The lowest BCUT2D eigenvalue weighted by Gasteiger charge is -2.12. The van der Waals surface area contributed by atoms with E-state index in [0.29, 0.717) is 5.11 Å². The van der Waals surface area contributed by atoms with Crippen LogP contribution in [0.25, 0.3) is 10.8 Å². The SMILES string of the molecule is Cc1ccc(NC(=S)NC(=O)Cc2cccc3ccccc23)cc1C. The lowest BCUT2D eigenvalue weighted by Crippen LogP contribution is -2.35. The number of hydrogen-bond donors (Lipinski definition) is 2. The first-order valence-electron chi connectivity index (χ1n) is 8.17. The van der Waals surface area contributed by atoms with Gasteiger partial charge in [0.2, 0.25) is 5.91 Å². The maximum atomic E-state index is 12.3. The maximum Gasteiger partial charge on any atom is 0.230 e. The van der Waals surface area contributed by atoms with Crippen LogP contribution >= 0.6 is 12.2 Å². The van der Waals surface area contributed by atoms with Gasteiger partial charge >= 0.3 is 0 Å². The van der Waals surface area contributed by atoms with Gasteiger partial charge in [-0.3, -0.25) is 4.79 Å². The third kappa shape index (κ3) is 4.22. The lowest BCUT2D eigenvalue weighted by molar-refractivity contribution is -0.119. The normalized spacial score (nSPS) is 10.5. The molecule has 0 heterocycles. The molecule has 0 aliphatic heterocycles. The molecule has 0 bridgehead atoms. The van der Waals surface area contributed by atoms with Crippen LogP contribution in [0.2, 0.25) is 0 Å². The second-order valence-electron chi connectivity index (χ2n) is 6.12. The molecule has 0 aliphatic carbocycles. The number of aryl methyl sites for hydroxylation is 2. The van der Waals surface area contributed by atoms with Gasteiger partial charge in [0.15, 0.2) is 5.11 Å². The summed E-state index contributed by atoms with van der Waals surface area (Å²) in [6.45, 7) is 4.10. The number of benzene rings is 3. The van der Waals surface area contributed by atoms with Crippen molar-refractivity contribution in [3.8, 4) is 0 Å². The average Bonchev–Trinajstić information content (AvgIpc) is 2.58. The highest BCUT2D eigenvalue weighted by molar-refractivity contribution is 7.80. The molecule has 0 atom stereocenters. The lowest BCUT2D eigenvalue weighted by atomic mass is 10.0. The quantitative estimate of drug-likeness (QED) is 0.684. The van der Waals surface area contributed by atoms with Gasteiger partial charge < -0.3 is 10.6 Å². The van der Waals surface area contributed by atoms with Gasteiger partial charge in [-0.1, -0.05) is 48.5 Å². The van der Waals surface area contributed by atoms with Crippen molar-refractivity contribution in [3.05, 3.63) is 77.4 Å². The molecule has 0 fully saturated rings. The monoisotopic (exact) mass is 348 g/mol. The Bertz CT molecular complexity index is 944. The first-order chi connectivity index (χ1) is 12.0. The van der Waals surface area contributed by atoms with E-state index in [4.69, 9.17) is 12.2 Å². The highest BCUT2D eigenvalue weighted by Gasteiger charge is 2.09. The van der Waals surface area contributed by atoms with Crippen LogP contribution in [-0.4, -0.2) is 11.0 Å². The minimum absolute atomic E-state index is 0.127. The van der Waals surface area contributed by atoms with E-state index in [2.05, 4.69) is 17.6 Å². The summed E-state index contributed by atoms with van der Waals surface area (Å²) in [6, 6.07) is 20.0. The molecule has 25 heavy (non-hydrogen) atoms. The van der Waals surface area contributed by atoms with E-state index in [9.17, 15) is 4.79 Å². The van der Waals surface area contributed by atoms with Crippen molar-refractivity contribution in [2.45, 2.75) is 20.3 Å². The van der Waals surface area contributed by atoms with Crippen LogP contribution < -0.4 is 10.6 Å². The van der Waals surface area contributed by atoms with Gasteiger partial charge in [-0.05, 0) is 65.7 Å². The number of carbonyl (C=O) groups is 1. The molecule has 126 valence electrons. The predicted molar refractivity (Wildman–Crippen MR) is 108 cm³/mol. The van der Waals surface area contributed by atoms with Crippen LogP contribution in [0.15, 0.2) is 60.7 Å². The standard InChI is InChI=1S/C21H20N2OS/c1-14-10-11-18(12-15(14)2)22-21(25)23-20(24)13-17-8-5-7-16-6-3-4-9-19(16)17/h3-12H,13H2,1-2H3,(H2,22,23,24,25). The molecule has 0 unspecified atom stereocenters. The summed E-state index contributed by atoms with van der Waals surface area (Å²) in [7, 11) is 0. The molecule has 0 saturated heterocycles. The van der Waals surface area contributed by atoms with Crippen LogP contribution in [0.5, 0.6) is 0 Å². The van der Waals surface area contributed by atoms with Gasteiger partial charge in [0, 0.05) is 5.69 Å². The summed E-state index contributed by atoms with van der Waals surface area (Å²) in [4.78, 5) is 12.3. The van der Waals surface area contributed by atoms with E-state index < -0.39 is 0 Å². The van der Waals surface area contributed by atoms with E-state index >= 15 is 0 Å². The molecule has 0 spiro atoms. The molecule has 4 heteroatoms. The first kappa shape index (κ1) is 17.1. The maximum absolute atomic E-state index is 12.3. The van der Waals surface area contributed by atoms with Crippen molar-refractivity contribution < 1.29 is 4.79 Å². The van der Waals surface area contributed by atoms with Crippen molar-refractivity contribution in [1.29, 1.82) is 0 Å². The summed E-state index contributed by atoms with van der Waals surface area (Å²) >= 11 is 5.26.